The van der Waals surface area contributed by atoms with Crippen LogP contribution in [0.1, 0.15) is 25.5 Å². The second kappa shape index (κ2) is 6.30. The Kier molecular flexibility index (Phi) is 4.71. The molecular weight excluding hydrogens is 252 g/mol. The van der Waals surface area contributed by atoms with E-state index in [4.69, 9.17) is 4.74 Å². The van der Waals surface area contributed by atoms with Crippen LogP contribution in [0.3, 0.4) is 0 Å². The first-order valence-electron chi connectivity index (χ1n) is 6.46. The second-order valence-electron chi connectivity index (χ2n) is 4.94. The molecule has 0 aromatic heterocycles. The van der Waals surface area contributed by atoms with Crippen molar-refractivity contribution in [2.75, 3.05) is 13.2 Å². The zero-order valence-corrected chi connectivity index (χ0v) is 11.1. The molecule has 1 fully saturated rings. The van der Waals surface area contributed by atoms with Crippen LogP contribution in [0.15, 0.2) is 24.3 Å². The van der Waals surface area contributed by atoms with Crippen molar-refractivity contribution < 1.29 is 18.3 Å². The smallest absolute Gasteiger partial charge is 0.387 e. The molecule has 3 nitrogen and oxygen atoms in total. The Hall–Kier alpha value is -1.20. The van der Waals surface area contributed by atoms with Gasteiger partial charge in [0.25, 0.3) is 0 Å². The Morgan fingerprint density at radius 3 is 2.58 bits per heavy atom. The molecule has 19 heavy (non-hydrogen) atoms. The van der Waals surface area contributed by atoms with E-state index < -0.39 is 6.61 Å². The average molecular weight is 271 g/mol. The van der Waals surface area contributed by atoms with Crippen LogP contribution in [0.4, 0.5) is 8.78 Å². The Morgan fingerprint density at radius 1 is 1.26 bits per heavy atom. The summed E-state index contributed by atoms with van der Waals surface area (Å²) in [6.45, 7) is 2.90. The highest BCUT2D eigenvalue weighted by atomic mass is 19.3. The molecule has 0 aliphatic carbocycles. The molecule has 1 aliphatic rings. The molecule has 1 N–H and O–H groups in total. The fourth-order valence-electron chi connectivity index (χ4n) is 2.04. The van der Waals surface area contributed by atoms with E-state index in [2.05, 4.69) is 23.9 Å². The molecule has 2 rings (SSSR count). The minimum Gasteiger partial charge on any atom is -0.435 e. The van der Waals surface area contributed by atoms with Gasteiger partial charge >= 0.3 is 6.61 Å². The van der Waals surface area contributed by atoms with Gasteiger partial charge in [0.15, 0.2) is 0 Å². The van der Waals surface area contributed by atoms with Gasteiger partial charge in [-0.15, -0.1) is 0 Å². The van der Waals surface area contributed by atoms with Crippen molar-refractivity contribution in [3.8, 4) is 5.75 Å². The van der Waals surface area contributed by atoms with E-state index in [0.717, 1.165) is 12.1 Å². The fraction of sp³-hybridized carbons (Fsp3) is 0.571. The van der Waals surface area contributed by atoms with Crippen molar-refractivity contribution in [3.63, 3.8) is 0 Å². The number of ether oxygens (including phenoxy) is 2. The van der Waals surface area contributed by atoms with Crippen LogP contribution >= 0.6 is 0 Å². The molecule has 0 amide bonds. The average Bonchev–Trinajstić information content (AvgIpc) is 2.54. The maximum absolute atomic E-state index is 12.1. The van der Waals surface area contributed by atoms with E-state index in [-0.39, 0.29) is 11.9 Å². The fourth-order valence-corrected chi connectivity index (χ4v) is 2.04. The van der Waals surface area contributed by atoms with Gasteiger partial charge in [-0.05, 0) is 30.5 Å². The number of rotatable bonds is 3. The quantitative estimate of drug-likeness (QED) is 0.916. The van der Waals surface area contributed by atoms with Crippen LogP contribution < -0.4 is 10.1 Å². The summed E-state index contributed by atoms with van der Waals surface area (Å²) in [6.07, 6.45) is -0.0481. The highest BCUT2D eigenvalue weighted by Crippen LogP contribution is 2.24. The van der Waals surface area contributed by atoms with Crippen molar-refractivity contribution in [1.29, 1.82) is 0 Å². The first-order valence-corrected chi connectivity index (χ1v) is 6.46. The molecule has 0 saturated carbocycles. The van der Waals surface area contributed by atoms with Crippen molar-refractivity contribution >= 4 is 0 Å². The van der Waals surface area contributed by atoms with Crippen molar-refractivity contribution in [1.82, 2.24) is 5.32 Å². The van der Waals surface area contributed by atoms with E-state index in [1.165, 1.54) is 0 Å². The lowest BCUT2D eigenvalue weighted by atomic mass is 10.1. The van der Waals surface area contributed by atoms with Crippen LogP contribution in [0.5, 0.6) is 5.75 Å². The molecule has 1 heterocycles. The molecule has 3 atom stereocenters. The van der Waals surface area contributed by atoms with Gasteiger partial charge in [-0.2, -0.15) is 8.78 Å². The summed E-state index contributed by atoms with van der Waals surface area (Å²) in [5, 5.41) is 3.41. The summed E-state index contributed by atoms with van der Waals surface area (Å²) in [5.74, 6) is 0.619. The predicted octanol–water partition coefficient (Wildman–Crippen LogP) is 2.97. The second-order valence-corrected chi connectivity index (χ2v) is 4.94. The largest absolute Gasteiger partial charge is 0.435 e. The maximum Gasteiger partial charge on any atom is 0.387 e. The van der Waals surface area contributed by atoms with Crippen LogP contribution in [-0.4, -0.2) is 25.8 Å². The summed E-state index contributed by atoms with van der Waals surface area (Å²) in [6, 6.07) is 7.03. The Labute approximate surface area is 111 Å². The number of nitrogens with one attached hydrogen (secondary N) is 1. The van der Waals surface area contributed by atoms with Gasteiger partial charge in [-0.3, -0.25) is 0 Å². The molecule has 0 bridgehead atoms. The van der Waals surface area contributed by atoms with Gasteiger partial charge < -0.3 is 14.8 Å². The lowest BCUT2D eigenvalue weighted by Gasteiger charge is -2.16. The summed E-state index contributed by atoms with van der Waals surface area (Å²) in [4.78, 5) is 0. The van der Waals surface area contributed by atoms with Gasteiger partial charge in [0, 0.05) is 12.6 Å². The van der Waals surface area contributed by atoms with E-state index in [1.807, 2.05) is 0 Å². The highest BCUT2D eigenvalue weighted by molar-refractivity contribution is 5.29. The molecule has 0 spiro atoms. The van der Waals surface area contributed by atoms with Gasteiger partial charge in [0.2, 0.25) is 0 Å². The number of hydrogen-bond acceptors (Lipinski definition) is 3. The first-order chi connectivity index (χ1) is 9.06. The van der Waals surface area contributed by atoms with Gasteiger partial charge in [-0.1, -0.05) is 19.1 Å². The minimum atomic E-state index is -2.79. The standard InChI is InChI=1S/C14H19F2NO2/c1-9-8-18-13(7-17-10(9)2)11-3-5-12(6-4-11)19-14(15)16/h3-6,9-10,13-14,17H,7-8H2,1-2H3. The number of hydrogen-bond donors (Lipinski definition) is 1. The Balaban J connectivity index is 2.01. The van der Waals surface area contributed by atoms with E-state index in [9.17, 15) is 8.78 Å². The molecule has 1 aromatic carbocycles. The van der Waals surface area contributed by atoms with Crippen LogP contribution in [0.25, 0.3) is 0 Å². The minimum absolute atomic E-state index is 0.0481. The van der Waals surface area contributed by atoms with Crippen molar-refractivity contribution in [3.05, 3.63) is 29.8 Å². The van der Waals surface area contributed by atoms with Crippen molar-refractivity contribution in [2.45, 2.75) is 32.6 Å². The van der Waals surface area contributed by atoms with E-state index in [0.29, 0.717) is 18.6 Å². The molecule has 5 heteroatoms. The molecule has 1 aromatic rings. The third-order valence-corrected chi connectivity index (χ3v) is 3.52. The van der Waals surface area contributed by atoms with Crippen LogP contribution in [0.2, 0.25) is 0 Å². The number of alkyl halides is 2. The van der Waals surface area contributed by atoms with Gasteiger partial charge in [0.1, 0.15) is 5.75 Å². The van der Waals surface area contributed by atoms with Crippen LogP contribution in [-0.2, 0) is 4.74 Å². The maximum atomic E-state index is 12.1. The third-order valence-electron chi connectivity index (χ3n) is 3.52. The molecule has 106 valence electrons. The summed E-state index contributed by atoms with van der Waals surface area (Å²) in [5.41, 5.74) is 0.968. The number of halogens is 2. The number of benzene rings is 1. The van der Waals surface area contributed by atoms with Gasteiger partial charge in [0.05, 0.1) is 12.7 Å². The third kappa shape index (κ3) is 3.88. The Morgan fingerprint density at radius 2 is 1.95 bits per heavy atom. The van der Waals surface area contributed by atoms with E-state index in [1.54, 1.807) is 24.3 Å². The topological polar surface area (TPSA) is 30.5 Å². The molecule has 0 radical (unpaired) electrons. The summed E-state index contributed by atoms with van der Waals surface area (Å²) < 4.78 is 34.3. The summed E-state index contributed by atoms with van der Waals surface area (Å²) >= 11 is 0. The molecule has 1 saturated heterocycles. The zero-order valence-electron chi connectivity index (χ0n) is 11.1. The molecular formula is C14H19F2NO2. The normalized spacial score (nSPS) is 28.2. The van der Waals surface area contributed by atoms with Gasteiger partial charge in [-0.25, -0.2) is 0 Å². The highest BCUT2D eigenvalue weighted by Gasteiger charge is 2.22. The monoisotopic (exact) mass is 271 g/mol. The Bertz CT molecular complexity index is 385. The summed E-state index contributed by atoms with van der Waals surface area (Å²) in [7, 11) is 0. The predicted molar refractivity (Wildman–Crippen MR) is 68.4 cm³/mol. The molecule has 1 aliphatic heterocycles. The SMILES string of the molecule is CC1COC(c2ccc(OC(F)F)cc2)CNC1C. The first kappa shape index (κ1) is 14.2. The molecule has 3 unspecified atom stereocenters. The van der Waals surface area contributed by atoms with E-state index >= 15 is 0 Å². The lowest BCUT2D eigenvalue weighted by molar-refractivity contribution is -0.0498. The zero-order chi connectivity index (χ0) is 13.8. The lowest BCUT2D eigenvalue weighted by Crippen LogP contribution is -2.32. The van der Waals surface area contributed by atoms with Crippen LogP contribution in [0, 0.1) is 5.92 Å². The van der Waals surface area contributed by atoms with Crippen molar-refractivity contribution in [2.24, 2.45) is 5.92 Å².